The van der Waals surface area contributed by atoms with Crippen LogP contribution in [0.25, 0.3) is 5.52 Å². The Balaban J connectivity index is 2.26. The van der Waals surface area contributed by atoms with Gasteiger partial charge < -0.3 is 4.40 Å². The molecule has 0 unspecified atom stereocenters. The normalized spacial score (nSPS) is 10.8. The lowest BCUT2D eigenvalue weighted by Gasteiger charge is -1.99. The maximum atomic E-state index is 4.38. The van der Waals surface area contributed by atoms with Crippen molar-refractivity contribution < 1.29 is 0 Å². The van der Waals surface area contributed by atoms with Gasteiger partial charge in [0, 0.05) is 17.4 Å². The fourth-order valence-electron chi connectivity index (χ4n) is 1.47. The summed E-state index contributed by atoms with van der Waals surface area (Å²) in [5.74, 6) is 0. The molecule has 0 aliphatic heterocycles. The number of fused-ring (bicyclic) bond motifs is 1. The van der Waals surface area contributed by atoms with Crippen LogP contribution in [0.1, 0.15) is 25.5 Å². The van der Waals surface area contributed by atoms with Crippen molar-refractivity contribution in [3.63, 3.8) is 0 Å². The first-order valence-corrected chi connectivity index (χ1v) is 4.82. The minimum absolute atomic E-state index is 1.10. The Morgan fingerprint density at radius 1 is 1.46 bits per heavy atom. The van der Waals surface area contributed by atoms with Gasteiger partial charge in [0.05, 0.1) is 6.33 Å². The van der Waals surface area contributed by atoms with Gasteiger partial charge in [-0.3, -0.25) is 0 Å². The lowest BCUT2D eigenvalue weighted by atomic mass is 10.2. The molecule has 2 heterocycles. The molecule has 2 nitrogen and oxygen atoms in total. The summed E-state index contributed by atoms with van der Waals surface area (Å²) >= 11 is 0. The van der Waals surface area contributed by atoms with Gasteiger partial charge in [0.1, 0.15) is 0 Å². The smallest absolute Gasteiger partial charge is 0.0993 e. The molecule has 0 radical (unpaired) electrons. The summed E-state index contributed by atoms with van der Waals surface area (Å²) in [7, 11) is 0. The van der Waals surface area contributed by atoms with E-state index in [1.54, 1.807) is 0 Å². The molecule has 0 atom stereocenters. The third-order valence-corrected chi connectivity index (χ3v) is 2.26. The summed E-state index contributed by atoms with van der Waals surface area (Å²) in [6.07, 6.45) is 7.46. The quantitative estimate of drug-likeness (QED) is 0.699. The van der Waals surface area contributed by atoms with Gasteiger partial charge in [-0.15, -0.1) is 0 Å². The first-order chi connectivity index (χ1) is 6.40. The van der Waals surface area contributed by atoms with E-state index in [1.807, 2.05) is 23.0 Å². The molecule has 0 aliphatic rings. The van der Waals surface area contributed by atoms with Crippen molar-refractivity contribution >= 4 is 5.52 Å². The van der Waals surface area contributed by atoms with Crippen molar-refractivity contribution in [2.75, 3.05) is 0 Å². The fourth-order valence-corrected chi connectivity index (χ4v) is 1.47. The monoisotopic (exact) mass is 174 g/mol. The Hall–Kier alpha value is -1.31. The molecule has 0 aliphatic carbocycles. The third-order valence-electron chi connectivity index (χ3n) is 2.26. The lowest BCUT2D eigenvalue weighted by molar-refractivity contribution is 0.773. The van der Waals surface area contributed by atoms with Gasteiger partial charge in [-0.2, -0.15) is 0 Å². The minimum atomic E-state index is 1.10. The molecule has 2 rings (SSSR count). The molecule has 0 amide bonds. The highest BCUT2D eigenvalue weighted by molar-refractivity contribution is 5.47. The average molecular weight is 174 g/mol. The minimum Gasteiger partial charge on any atom is -0.308 e. The third kappa shape index (κ3) is 1.72. The second kappa shape index (κ2) is 3.60. The Labute approximate surface area is 78.2 Å². The maximum absolute atomic E-state index is 4.38. The van der Waals surface area contributed by atoms with E-state index in [0.29, 0.717) is 0 Å². The topological polar surface area (TPSA) is 17.3 Å². The molecule has 0 saturated heterocycles. The standard InChI is InChI=1S/C11H14N2/c1-2-3-5-10-8-11-6-4-7-13(11)9-12-10/h4,6-9H,2-3,5H2,1H3. The molecule has 0 bridgehead atoms. The van der Waals surface area contributed by atoms with Crippen LogP contribution in [-0.4, -0.2) is 9.38 Å². The predicted octanol–water partition coefficient (Wildman–Crippen LogP) is 2.68. The highest BCUT2D eigenvalue weighted by atomic mass is 14.9. The van der Waals surface area contributed by atoms with Crippen LogP contribution in [0, 0.1) is 0 Å². The van der Waals surface area contributed by atoms with Crippen LogP contribution in [0.15, 0.2) is 30.7 Å². The molecule has 0 aromatic carbocycles. The molecule has 2 aromatic rings. The molecule has 2 heteroatoms. The van der Waals surface area contributed by atoms with Crippen molar-refractivity contribution in [1.82, 2.24) is 9.38 Å². The molecular weight excluding hydrogens is 160 g/mol. The second-order valence-electron chi connectivity index (χ2n) is 3.32. The van der Waals surface area contributed by atoms with Gasteiger partial charge in [-0.25, -0.2) is 4.98 Å². The van der Waals surface area contributed by atoms with Crippen LogP contribution in [0.3, 0.4) is 0 Å². The number of aromatic nitrogens is 2. The maximum Gasteiger partial charge on any atom is 0.0993 e. The van der Waals surface area contributed by atoms with Crippen molar-refractivity contribution in [2.24, 2.45) is 0 Å². The summed E-state index contributed by atoms with van der Waals surface area (Å²) in [6, 6.07) is 6.31. The number of nitrogens with zero attached hydrogens (tertiary/aromatic N) is 2. The second-order valence-corrected chi connectivity index (χ2v) is 3.32. The Morgan fingerprint density at radius 2 is 2.38 bits per heavy atom. The Kier molecular flexibility index (Phi) is 2.30. The zero-order chi connectivity index (χ0) is 9.10. The summed E-state index contributed by atoms with van der Waals surface area (Å²) in [6.45, 7) is 2.20. The Bertz CT molecular complexity index is 390. The van der Waals surface area contributed by atoms with E-state index in [4.69, 9.17) is 0 Å². The van der Waals surface area contributed by atoms with E-state index >= 15 is 0 Å². The van der Waals surface area contributed by atoms with Crippen LogP contribution >= 0.6 is 0 Å². The van der Waals surface area contributed by atoms with E-state index in [9.17, 15) is 0 Å². The van der Waals surface area contributed by atoms with Crippen LogP contribution < -0.4 is 0 Å². The summed E-state index contributed by atoms with van der Waals surface area (Å²) in [5.41, 5.74) is 2.44. The predicted molar refractivity (Wildman–Crippen MR) is 53.8 cm³/mol. The lowest BCUT2D eigenvalue weighted by Crippen LogP contribution is -1.92. The highest BCUT2D eigenvalue weighted by Gasteiger charge is 1.96. The van der Waals surface area contributed by atoms with Gasteiger partial charge in [0.15, 0.2) is 0 Å². The zero-order valence-corrected chi connectivity index (χ0v) is 7.90. The Morgan fingerprint density at radius 3 is 3.23 bits per heavy atom. The van der Waals surface area contributed by atoms with Crippen LogP contribution in [0.5, 0.6) is 0 Å². The molecule has 13 heavy (non-hydrogen) atoms. The van der Waals surface area contributed by atoms with Crippen molar-refractivity contribution in [3.05, 3.63) is 36.4 Å². The molecule has 0 N–H and O–H groups in total. The van der Waals surface area contributed by atoms with E-state index in [0.717, 1.165) is 6.42 Å². The van der Waals surface area contributed by atoms with Crippen LogP contribution in [0.4, 0.5) is 0 Å². The first-order valence-electron chi connectivity index (χ1n) is 4.82. The average Bonchev–Trinajstić information content (AvgIpc) is 2.61. The molecule has 0 fully saturated rings. The SMILES string of the molecule is CCCCc1cc2cccn2cn1. The summed E-state index contributed by atoms with van der Waals surface area (Å²) < 4.78 is 2.04. The number of unbranched alkanes of at least 4 members (excludes halogenated alkanes) is 1. The molecule has 68 valence electrons. The van der Waals surface area contributed by atoms with Gasteiger partial charge >= 0.3 is 0 Å². The molecular formula is C11H14N2. The number of aryl methyl sites for hydroxylation is 1. The van der Waals surface area contributed by atoms with Gasteiger partial charge in [-0.1, -0.05) is 13.3 Å². The van der Waals surface area contributed by atoms with E-state index in [-0.39, 0.29) is 0 Å². The van der Waals surface area contributed by atoms with Gasteiger partial charge in [0.2, 0.25) is 0 Å². The summed E-state index contributed by atoms with van der Waals surface area (Å²) in [4.78, 5) is 4.38. The van der Waals surface area contributed by atoms with Gasteiger partial charge in [-0.05, 0) is 31.0 Å². The van der Waals surface area contributed by atoms with E-state index in [1.165, 1.54) is 24.1 Å². The number of hydrogen-bond donors (Lipinski definition) is 0. The van der Waals surface area contributed by atoms with E-state index in [2.05, 4.69) is 24.0 Å². The zero-order valence-electron chi connectivity index (χ0n) is 7.90. The van der Waals surface area contributed by atoms with Crippen LogP contribution in [-0.2, 0) is 6.42 Å². The van der Waals surface area contributed by atoms with Crippen molar-refractivity contribution in [3.8, 4) is 0 Å². The van der Waals surface area contributed by atoms with E-state index < -0.39 is 0 Å². The molecule has 0 saturated carbocycles. The number of hydrogen-bond acceptors (Lipinski definition) is 1. The number of rotatable bonds is 3. The fraction of sp³-hybridized carbons (Fsp3) is 0.364. The van der Waals surface area contributed by atoms with Crippen molar-refractivity contribution in [2.45, 2.75) is 26.2 Å². The molecule has 0 spiro atoms. The largest absolute Gasteiger partial charge is 0.308 e. The van der Waals surface area contributed by atoms with Gasteiger partial charge in [0.25, 0.3) is 0 Å². The first kappa shape index (κ1) is 8.30. The summed E-state index contributed by atoms with van der Waals surface area (Å²) in [5, 5.41) is 0. The highest BCUT2D eigenvalue weighted by Crippen LogP contribution is 2.07. The van der Waals surface area contributed by atoms with Crippen LogP contribution in [0.2, 0.25) is 0 Å². The van der Waals surface area contributed by atoms with Crippen molar-refractivity contribution in [1.29, 1.82) is 0 Å². The molecule has 2 aromatic heterocycles.